The van der Waals surface area contributed by atoms with Gasteiger partial charge in [0.15, 0.2) is 0 Å². The number of rotatable bonds is 6. The quantitative estimate of drug-likeness (QED) is 0.656. The van der Waals surface area contributed by atoms with E-state index in [4.69, 9.17) is 16.3 Å². The lowest BCUT2D eigenvalue weighted by Crippen LogP contribution is -2.55. The zero-order valence-electron chi connectivity index (χ0n) is 14.9. The van der Waals surface area contributed by atoms with Gasteiger partial charge in [-0.15, -0.1) is 0 Å². The summed E-state index contributed by atoms with van der Waals surface area (Å²) in [6.07, 6.45) is 1.78. The average molecular weight is 404 g/mol. The van der Waals surface area contributed by atoms with Crippen LogP contribution in [0.15, 0.2) is 18.2 Å². The number of carbonyl (C=O) groups excluding carboxylic acids is 2. The molecule has 1 aliphatic heterocycles. The highest BCUT2D eigenvalue weighted by molar-refractivity contribution is 7.92. The number of carbonyl (C=O) groups is 2. The van der Waals surface area contributed by atoms with Gasteiger partial charge in [-0.2, -0.15) is 0 Å². The van der Waals surface area contributed by atoms with Crippen LogP contribution in [-0.2, 0) is 19.6 Å². The number of hydrogen-bond acceptors (Lipinski definition) is 5. The molecule has 0 spiro atoms. The monoisotopic (exact) mass is 403 g/mol. The number of benzene rings is 1. The minimum atomic E-state index is -3.73. The third-order valence-corrected chi connectivity index (χ3v) is 5.77. The van der Waals surface area contributed by atoms with Gasteiger partial charge < -0.3 is 14.5 Å². The van der Waals surface area contributed by atoms with E-state index in [0.717, 1.165) is 17.0 Å². The van der Waals surface area contributed by atoms with Crippen LogP contribution in [0.25, 0.3) is 0 Å². The number of amides is 2. The molecule has 0 radical (unpaired) electrons. The fourth-order valence-corrected chi connectivity index (χ4v) is 4.32. The minimum absolute atomic E-state index is 0.248. The first-order chi connectivity index (χ1) is 12.2. The van der Waals surface area contributed by atoms with Crippen molar-refractivity contribution in [1.82, 2.24) is 9.80 Å². The molecule has 1 unspecified atom stereocenters. The first-order valence-corrected chi connectivity index (χ1v) is 10.2. The molecule has 1 aromatic carbocycles. The fourth-order valence-electron chi connectivity index (χ4n) is 2.91. The molecule has 8 nitrogen and oxygen atoms in total. The molecule has 0 N–H and O–H groups in total. The molecule has 26 heavy (non-hydrogen) atoms. The molecule has 144 valence electrons. The summed E-state index contributed by atoms with van der Waals surface area (Å²) in [6.45, 7) is 3.11. The summed E-state index contributed by atoms with van der Waals surface area (Å²) < 4.78 is 30.8. The van der Waals surface area contributed by atoms with Crippen molar-refractivity contribution < 1.29 is 22.7 Å². The van der Waals surface area contributed by atoms with Crippen LogP contribution in [-0.4, -0.2) is 76.1 Å². The van der Waals surface area contributed by atoms with Crippen LogP contribution in [0.2, 0.25) is 5.02 Å². The van der Waals surface area contributed by atoms with E-state index in [2.05, 4.69) is 0 Å². The van der Waals surface area contributed by atoms with Crippen molar-refractivity contribution in [2.75, 3.05) is 43.8 Å². The Morgan fingerprint density at radius 2 is 1.92 bits per heavy atom. The van der Waals surface area contributed by atoms with Gasteiger partial charge in [0.2, 0.25) is 22.3 Å². The van der Waals surface area contributed by atoms with Crippen LogP contribution in [0.4, 0.5) is 5.69 Å². The van der Waals surface area contributed by atoms with E-state index in [1.54, 1.807) is 21.9 Å². The Bertz CT molecular complexity index is 778. The van der Waals surface area contributed by atoms with Crippen LogP contribution in [0.5, 0.6) is 5.75 Å². The third-order valence-electron chi connectivity index (χ3n) is 4.23. The second-order valence-electron chi connectivity index (χ2n) is 6.02. The maximum Gasteiger partial charge on any atom is 0.246 e. The molecular weight excluding hydrogens is 382 g/mol. The summed E-state index contributed by atoms with van der Waals surface area (Å²) in [5.41, 5.74) is 0.283. The number of piperazine rings is 1. The summed E-state index contributed by atoms with van der Waals surface area (Å²) in [5.74, 6) is 0.0840. The van der Waals surface area contributed by atoms with Crippen LogP contribution in [0.1, 0.15) is 6.92 Å². The Morgan fingerprint density at radius 3 is 2.38 bits per heavy atom. The number of ether oxygens (including phenoxy) is 1. The summed E-state index contributed by atoms with van der Waals surface area (Å²) >= 11 is 6.11. The highest BCUT2D eigenvalue weighted by Crippen LogP contribution is 2.31. The summed E-state index contributed by atoms with van der Waals surface area (Å²) in [4.78, 5) is 26.7. The Labute approximate surface area is 158 Å². The normalized spacial score (nSPS) is 16.2. The molecule has 1 aromatic rings. The van der Waals surface area contributed by atoms with E-state index in [1.165, 1.54) is 20.1 Å². The Morgan fingerprint density at radius 1 is 1.31 bits per heavy atom. The van der Waals surface area contributed by atoms with E-state index >= 15 is 0 Å². The van der Waals surface area contributed by atoms with Crippen molar-refractivity contribution >= 4 is 39.6 Å². The van der Waals surface area contributed by atoms with Crippen molar-refractivity contribution in [3.8, 4) is 5.75 Å². The number of halogens is 1. The van der Waals surface area contributed by atoms with Gasteiger partial charge in [-0.1, -0.05) is 11.6 Å². The van der Waals surface area contributed by atoms with Crippen molar-refractivity contribution in [3.05, 3.63) is 23.2 Å². The van der Waals surface area contributed by atoms with E-state index in [0.29, 0.717) is 31.9 Å². The third kappa shape index (κ3) is 4.39. The highest BCUT2D eigenvalue weighted by Gasteiger charge is 2.33. The van der Waals surface area contributed by atoms with Gasteiger partial charge in [-0.3, -0.25) is 13.9 Å². The topological polar surface area (TPSA) is 87.2 Å². The van der Waals surface area contributed by atoms with Crippen molar-refractivity contribution in [3.63, 3.8) is 0 Å². The molecule has 0 aliphatic carbocycles. The lowest BCUT2D eigenvalue weighted by atomic mass is 10.2. The first-order valence-electron chi connectivity index (χ1n) is 8.00. The van der Waals surface area contributed by atoms with Gasteiger partial charge in [0.25, 0.3) is 0 Å². The lowest BCUT2D eigenvalue weighted by Gasteiger charge is -2.37. The van der Waals surface area contributed by atoms with Crippen LogP contribution < -0.4 is 9.04 Å². The number of nitrogens with zero attached hydrogens (tertiary/aromatic N) is 3. The Balaban J connectivity index is 2.28. The van der Waals surface area contributed by atoms with E-state index < -0.39 is 16.1 Å². The predicted octanol–water partition coefficient (Wildman–Crippen LogP) is 0.804. The Kier molecular flexibility index (Phi) is 6.35. The molecule has 1 atom stereocenters. The van der Waals surface area contributed by atoms with Crippen LogP contribution >= 0.6 is 11.6 Å². The molecule has 2 rings (SSSR count). The molecule has 10 heteroatoms. The van der Waals surface area contributed by atoms with Gasteiger partial charge in [-0.25, -0.2) is 8.42 Å². The predicted molar refractivity (Wildman–Crippen MR) is 99.0 cm³/mol. The molecule has 1 saturated heterocycles. The van der Waals surface area contributed by atoms with Crippen molar-refractivity contribution in [2.24, 2.45) is 0 Å². The van der Waals surface area contributed by atoms with Crippen molar-refractivity contribution in [2.45, 2.75) is 13.0 Å². The maximum absolute atomic E-state index is 12.8. The zero-order chi connectivity index (χ0) is 19.5. The SMILES string of the molecule is COc1ccc(N(C(C)C(=O)N2CCN(C=O)CC2)S(C)(=O)=O)cc1Cl. The van der Waals surface area contributed by atoms with Gasteiger partial charge in [0.05, 0.1) is 24.1 Å². The van der Waals surface area contributed by atoms with Crippen LogP contribution in [0.3, 0.4) is 0 Å². The average Bonchev–Trinajstić information content (AvgIpc) is 2.60. The van der Waals surface area contributed by atoms with Gasteiger partial charge in [-0.05, 0) is 25.1 Å². The van der Waals surface area contributed by atoms with E-state index in [9.17, 15) is 18.0 Å². The molecule has 1 heterocycles. The molecule has 1 aliphatic rings. The molecule has 0 aromatic heterocycles. The van der Waals surface area contributed by atoms with E-state index in [-0.39, 0.29) is 16.6 Å². The van der Waals surface area contributed by atoms with Crippen molar-refractivity contribution in [1.29, 1.82) is 0 Å². The number of anilines is 1. The van der Waals surface area contributed by atoms with Gasteiger partial charge in [0.1, 0.15) is 11.8 Å². The lowest BCUT2D eigenvalue weighted by molar-refractivity contribution is -0.135. The zero-order valence-corrected chi connectivity index (χ0v) is 16.5. The summed E-state index contributed by atoms with van der Waals surface area (Å²) in [5, 5.41) is 0.248. The molecule has 0 saturated carbocycles. The smallest absolute Gasteiger partial charge is 0.246 e. The van der Waals surface area contributed by atoms with Gasteiger partial charge in [0, 0.05) is 26.2 Å². The maximum atomic E-state index is 12.8. The van der Waals surface area contributed by atoms with Crippen LogP contribution in [0, 0.1) is 0 Å². The molecule has 0 bridgehead atoms. The second kappa shape index (κ2) is 8.13. The highest BCUT2D eigenvalue weighted by atomic mass is 35.5. The molecule has 1 fully saturated rings. The summed E-state index contributed by atoms with van der Waals surface area (Å²) in [6, 6.07) is 3.60. The number of sulfonamides is 1. The number of methoxy groups -OCH3 is 1. The minimum Gasteiger partial charge on any atom is -0.495 e. The second-order valence-corrected chi connectivity index (χ2v) is 8.29. The Hall–Kier alpha value is -2.00. The standard InChI is InChI=1S/C16H22ClN3O5S/c1-12(16(22)19-8-6-18(11-21)7-9-19)20(26(3,23)24)13-4-5-15(25-2)14(17)10-13/h4-5,10-12H,6-9H2,1-3H3. The molecule has 2 amide bonds. The fraction of sp³-hybridized carbons (Fsp3) is 0.500. The summed E-state index contributed by atoms with van der Waals surface area (Å²) in [7, 11) is -2.27. The number of hydrogen-bond donors (Lipinski definition) is 0. The van der Waals surface area contributed by atoms with Gasteiger partial charge >= 0.3 is 0 Å². The first kappa shape index (κ1) is 20.3. The van der Waals surface area contributed by atoms with E-state index in [1.807, 2.05) is 0 Å². The molecular formula is C16H22ClN3O5S. The largest absolute Gasteiger partial charge is 0.495 e.